The molecule has 1 amide bonds. The maximum absolute atomic E-state index is 11.9. The molecule has 1 fully saturated rings. The van der Waals surface area contributed by atoms with Crippen LogP contribution in [0.5, 0.6) is 0 Å². The van der Waals surface area contributed by atoms with Gasteiger partial charge >= 0.3 is 0 Å². The second-order valence-electron chi connectivity index (χ2n) is 4.30. The van der Waals surface area contributed by atoms with E-state index in [4.69, 9.17) is 0 Å². The molecule has 4 heteroatoms. The maximum Gasteiger partial charge on any atom is 0.237 e. The Kier molecular flexibility index (Phi) is 4.12. The summed E-state index contributed by atoms with van der Waals surface area (Å²) in [7, 11) is 0. The van der Waals surface area contributed by atoms with Crippen molar-refractivity contribution in [3.8, 4) is 0 Å². The molecule has 1 aliphatic rings. The van der Waals surface area contributed by atoms with E-state index in [-0.39, 0.29) is 24.6 Å². The average Bonchev–Trinajstić information content (AvgIpc) is 2.90. The predicted molar refractivity (Wildman–Crippen MR) is 65.4 cm³/mol. The zero-order chi connectivity index (χ0) is 12.1. The maximum atomic E-state index is 11.9. The number of carbonyl (C=O) groups excluding carboxylic acids is 1. The lowest BCUT2D eigenvalue weighted by Gasteiger charge is -2.19. The normalized spacial score (nSPS) is 21.1. The predicted octanol–water partition coefficient (Wildman–Crippen LogP) is 0.588. The second-order valence-corrected chi connectivity index (χ2v) is 4.30. The molecule has 2 atom stereocenters. The van der Waals surface area contributed by atoms with Gasteiger partial charge in [0.25, 0.3) is 0 Å². The fourth-order valence-corrected chi connectivity index (χ4v) is 2.10. The summed E-state index contributed by atoms with van der Waals surface area (Å²) >= 11 is 0. The fourth-order valence-electron chi connectivity index (χ4n) is 2.10. The molecule has 1 aromatic rings. The Balaban J connectivity index is 1.97. The SMILES string of the molecule is O=C(N[C@@H](CO)c1ccccc1)[C@H]1CCCN1. The Hall–Kier alpha value is -1.39. The van der Waals surface area contributed by atoms with Gasteiger partial charge in [0.15, 0.2) is 0 Å². The third kappa shape index (κ3) is 3.05. The molecule has 1 aromatic carbocycles. The highest BCUT2D eigenvalue weighted by molar-refractivity contribution is 5.82. The molecule has 0 spiro atoms. The van der Waals surface area contributed by atoms with Crippen LogP contribution in [0.1, 0.15) is 24.4 Å². The summed E-state index contributed by atoms with van der Waals surface area (Å²) in [6.45, 7) is 0.815. The first-order valence-corrected chi connectivity index (χ1v) is 6.01. The summed E-state index contributed by atoms with van der Waals surface area (Å²) < 4.78 is 0. The third-order valence-corrected chi connectivity index (χ3v) is 3.08. The molecule has 0 aliphatic carbocycles. The first-order chi connectivity index (χ1) is 8.31. The Morgan fingerprint density at radius 3 is 2.82 bits per heavy atom. The first-order valence-electron chi connectivity index (χ1n) is 6.01. The van der Waals surface area contributed by atoms with Crippen LogP contribution in [0.3, 0.4) is 0 Å². The molecule has 0 unspecified atom stereocenters. The van der Waals surface area contributed by atoms with Gasteiger partial charge in [0.1, 0.15) is 0 Å². The Morgan fingerprint density at radius 1 is 1.47 bits per heavy atom. The number of aliphatic hydroxyl groups is 1. The first kappa shape index (κ1) is 12.1. The Labute approximate surface area is 101 Å². The molecule has 92 valence electrons. The summed E-state index contributed by atoms with van der Waals surface area (Å²) in [5.74, 6) is -0.0228. The number of aliphatic hydroxyl groups excluding tert-OH is 1. The summed E-state index contributed by atoms with van der Waals surface area (Å²) in [5, 5.41) is 15.4. The number of hydrogen-bond acceptors (Lipinski definition) is 3. The van der Waals surface area contributed by atoms with E-state index in [0.717, 1.165) is 24.9 Å². The Bertz CT molecular complexity index is 361. The molecule has 1 aliphatic heterocycles. The molecule has 3 N–H and O–H groups in total. The quantitative estimate of drug-likeness (QED) is 0.714. The smallest absolute Gasteiger partial charge is 0.237 e. The standard InChI is InChI=1S/C13H18N2O2/c16-9-12(10-5-2-1-3-6-10)15-13(17)11-7-4-8-14-11/h1-3,5-6,11-12,14,16H,4,7-9H2,(H,15,17)/t11-,12+/m1/s1. The van der Waals surface area contributed by atoms with Gasteiger partial charge < -0.3 is 15.7 Å². The fraction of sp³-hybridized carbons (Fsp3) is 0.462. The van der Waals surface area contributed by atoms with Crippen molar-refractivity contribution in [2.24, 2.45) is 0 Å². The van der Waals surface area contributed by atoms with E-state index in [1.54, 1.807) is 0 Å². The average molecular weight is 234 g/mol. The van der Waals surface area contributed by atoms with Gasteiger partial charge in [-0.25, -0.2) is 0 Å². The van der Waals surface area contributed by atoms with Crippen molar-refractivity contribution in [1.82, 2.24) is 10.6 Å². The van der Waals surface area contributed by atoms with Crippen molar-refractivity contribution in [3.63, 3.8) is 0 Å². The molecule has 17 heavy (non-hydrogen) atoms. The zero-order valence-corrected chi connectivity index (χ0v) is 9.73. The Morgan fingerprint density at radius 2 is 2.24 bits per heavy atom. The van der Waals surface area contributed by atoms with Crippen molar-refractivity contribution in [2.75, 3.05) is 13.2 Å². The van der Waals surface area contributed by atoms with Crippen LogP contribution in [0.15, 0.2) is 30.3 Å². The van der Waals surface area contributed by atoms with Crippen LogP contribution in [0.2, 0.25) is 0 Å². The number of hydrogen-bond donors (Lipinski definition) is 3. The van der Waals surface area contributed by atoms with Gasteiger partial charge in [-0.1, -0.05) is 30.3 Å². The molecular weight excluding hydrogens is 216 g/mol. The number of amides is 1. The molecular formula is C13H18N2O2. The highest BCUT2D eigenvalue weighted by Gasteiger charge is 2.24. The second kappa shape index (κ2) is 5.80. The van der Waals surface area contributed by atoms with E-state index >= 15 is 0 Å². The van der Waals surface area contributed by atoms with Gasteiger partial charge in [-0.05, 0) is 24.9 Å². The lowest BCUT2D eigenvalue weighted by Crippen LogP contribution is -2.42. The third-order valence-electron chi connectivity index (χ3n) is 3.08. The van der Waals surface area contributed by atoms with Crippen LogP contribution < -0.4 is 10.6 Å². The van der Waals surface area contributed by atoms with E-state index in [1.807, 2.05) is 30.3 Å². The summed E-state index contributed by atoms with van der Waals surface area (Å²) in [4.78, 5) is 11.9. The summed E-state index contributed by atoms with van der Waals surface area (Å²) in [6.07, 6.45) is 1.91. The lowest BCUT2D eigenvalue weighted by molar-refractivity contribution is -0.123. The minimum absolute atomic E-state index is 0.0228. The summed E-state index contributed by atoms with van der Waals surface area (Å²) in [5.41, 5.74) is 0.932. The zero-order valence-electron chi connectivity index (χ0n) is 9.73. The van der Waals surface area contributed by atoms with Gasteiger partial charge in [0, 0.05) is 0 Å². The lowest BCUT2D eigenvalue weighted by atomic mass is 10.1. The minimum atomic E-state index is -0.314. The number of nitrogens with one attached hydrogen (secondary N) is 2. The molecule has 1 saturated heterocycles. The molecule has 0 radical (unpaired) electrons. The van der Waals surface area contributed by atoms with Gasteiger partial charge in [-0.2, -0.15) is 0 Å². The van der Waals surface area contributed by atoms with Crippen molar-refractivity contribution < 1.29 is 9.90 Å². The van der Waals surface area contributed by atoms with E-state index in [9.17, 15) is 9.90 Å². The van der Waals surface area contributed by atoms with Crippen LogP contribution in [0.25, 0.3) is 0 Å². The van der Waals surface area contributed by atoms with E-state index in [2.05, 4.69) is 10.6 Å². The highest BCUT2D eigenvalue weighted by Crippen LogP contribution is 2.13. The van der Waals surface area contributed by atoms with Crippen LogP contribution in [-0.2, 0) is 4.79 Å². The largest absolute Gasteiger partial charge is 0.394 e. The van der Waals surface area contributed by atoms with Crippen molar-refractivity contribution >= 4 is 5.91 Å². The van der Waals surface area contributed by atoms with Crippen LogP contribution >= 0.6 is 0 Å². The number of rotatable bonds is 4. The van der Waals surface area contributed by atoms with Crippen molar-refractivity contribution in [3.05, 3.63) is 35.9 Å². The highest BCUT2D eigenvalue weighted by atomic mass is 16.3. The van der Waals surface area contributed by atoms with Gasteiger partial charge in [-0.15, -0.1) is 0 Å². The molecule has 0 bridgehead atoms. The topological polar surface area (TPSA) is 61.4 Å². The van der Waals surface area contributed by atoms with E-state index in [0.29, 0.717) is 0 Å². The van der Waals surface area contributed by atoms with Crippen molar-refractivity contribution in [1.29, 1.82) is 0 Å². The van der Waals surface area contributed by atoms with Crippen LogP contribution in [0, 0.1) is 0 Å². The number of carbonyl (C=O) groups is 1. The van der Waals surface area contributed by atoms with E-state index in [1.165, 1.54) is 0 Å². The van der Waals surface area contributed by atoms with E-state index < -0.39 is 0 Å². The molecule has 2 rings (SSSR count). The summed E-state index contributed by atoms with van der Waals surface area (Å²) in [6, 6.07) is 9.11. The molecule has 4 nitrogen and oxygen atoms in total. The van der Waals surface area contributed by atoms with Crippen LogP contribution in [-0.4, -0.2) is 30.2 Å². The number of benzene rings is 1. The monoisotopic (exact) mass is 234 g/mol. The molecule has 0 aromatic heterocycles. The van der Waals surface area contributed by atoms with Crippen LogP contribution in [0.4, 0.5) is 0 Å². The van der Waals surface area contributed by atoms with Crippen molar-refractivity contribution in [2.45, 2.75) is 24.9 Å². The van der Waals surface area contributed by atoms with Gasteiger partial charge in [-0.3, -0.25) is 4.79 Å². The van der Waals surface area contributed by atoms with Gasteiger partial charge in [0.05, 0.1) is 18.7 Å². The minimum Gasteiger partial charge on any atom is -0.394 e. The van der Waals surface area contributed by atoms with Gasteiger partial charge in [0.2, 0.25) is 5.91 Å². The molecule has 0 saturated carbocycles. The molecule has 1 heterocycles.